The van der Waals surface area contributed by atoms with Crippen LogP contribution in [0.2, 0.25) is 5.02 Å². The highest BCUT2D eigenvalue weighted by Gasteiger charge is 2.18. The molecule has 2 heterocycles. The molecule has 0 atom stereocenters. The molecule has 33 heavy (non-hydrogen) atoms. The van der Waals surface area contributed by atoms with E-state index in [-0.39, 0.29) is 16.8 Å². The van der Waals surface area contributed by atoms with E-state index in [0.717, 1.165) is 21.5 Å². The summed E-state index contributed by atoms with van der Waals surface area (Å²) in [6.07, 6.45) is 0. The third-order valence-corrected chi connectivity index (χ3v) is 6.53. The van der Waals surface area contributed by atoms with Gasteiger partial charge in [0.15, 0.2) is 0 Å². The fourth-order valence-corrected chi connectivity index (χ4v) is 4.74. The molecule has 0 aliphatic rings. The SMILES string of the molecule is COCCNC(=O)c1ccc(NC(=O)c2cc3c(C)nn(Cc4ccccc4)c3s2)cc1Cl. The molecule has 0 aliphatic heterocycles. The van der Waals surface area contributed by atoms with Gasteiger partial charge >= 0.3 is 0 Å². The third kappa shape index (κ3) is 5.24. The number of fused-ring (bicyclic) bond motifs is 1. The van der Waals surface area contributed by atoms with E-state index in [2.05, 4.69) is 27.9 Å². The van der Waals surface area contributed by atoms with E-state index in [0.29, 0.717) is 35.8 Å². The van der Waals surface area contributed by atoms with Gasteiger partial charge in [-0.3, -0.25) is 14.3 Å². The maximum Gasteiger partial charge on any atom is 0.265 e. The van der Waals surface area contributed by atoms with Crippen LogP contribution in [0.4, 0.5) is 5.69 Å². The lowest BCUT2D eigenvalue weighted by Gasteiger charge is -2.09. The molecule has 0 saturated heterocycles. The predicted octanol–water partition coefficient (Wildman–Crippen LogP) is 4.74. The molecule has 9 heteroatoms. The van der Waals surface area contributed by atoms with Gasteiger partial charge in [-0.2, -0.15) is 5.10 Å². The van der Waals surface area contributed by atoms with Crippen molar-refractivity contribution in [2.45, 2.75) is 13.5 Å². The van der Waals surface area contributed by atoms with E-state index >= 15 is 0 Å². The number of nitrogens with one attached hydrogen (secondary N) is 2. The minimum atomic E-state index is -0.294. The number of nitrogens with zero attached hydrogens (tertiary/aromatic N) is 2. The number of ether oxygens (including phenoxy) is 1. The number of carbonyl (C=O) groups is 2. The van der Waals surface area contributed by atoms with Gasteiger partial charge in [0.05, 0.1) is 34.3 Å². The van der Waals surface area contributed by atoms with E-state index in [1.807, 2.05) is 35.9 Å². The highest BCUT2D eigenvalue weighted by atomic mass is 35.5. The maximum absolute atomic E-state index is 12.9. The van der Waals surface area contributed by atoms with Gasteiger partial charge in [-0.25, -0.2) is 0 Å². The summed E-state index contributed by atoms with van der Waals surface area (Å²) in [5.41, 5.74) is 2.87. The van der Waals surface area contributed by atoms with Crippen LogP contribution in [0.15, 0.2) is 54.6 Å². The van der Waals surface area contributed by atoms with Crippen LogP contribution < -0.4 is 10.6 Å². The number of amides is 2. The van der Waals surface area contributed by atoms with E-state index in [1.165, 1.54) is 11.3 Å². The van der Waals surface area contributed by atoms with Crippen LogP contribution in [-0.2, 0) is 11.3 Å². The lowest BCUT2D eigenvalue weighted by Crippen LogP contribution is -2.27. The second-order valence-corrected chi connectivity index (χ2v) is 8.89. The van der Waals surface area contributed by atoms with E-state index < -0.39 is 0 Å². The molecule has 2 N–H and O–H groups in total. The number of methoxy groups -OCH3 is 1. The lowest BCUT2D eigenvalue weighted by atomic mass is 10.2. The topological polar surface area (TPSA) is 85.2 Å². The number of thiophene rings is 1. The van der Waals surface area contributed by atoms with Crippen molar-refractivity contribution in [3.8, 4) is 0 Å². The van der Waals surface area contributed by atoms with Crippen LogP contribution in [0.3, 0.4) is 0 Å². The average Bonchev–Trinajstić information content (AvgIpc) is 3.36. The molecule has 0 radical (unpaired) electrons. The van der Waals surface area contributed by atoms with E-state index in [9.17, 15) is 9.59 Å². The standard InChI is InChI=1S/C24H23ClN4O3S/c1-15-19-13-21(33-24(19)29(28-15)14-16-6-4-3-5-7-16)23(31)27-17-8-9-18(20(25)12-17)22(30)26-10-11-32-2/h3-9,12-13H,10-11,14H2,1-2H3,(H,26,30)(H,27,31). The molecule has 0 unspecified atom stereocenters. The van der Waals surface area contributed by atoms with Gasteiger partial charge < -0.3 is 15.4 Å². The Morgan fingerprint density at radius 1 is 1.12 bits per heavy atom. The number of aromatic nitrogens is 2. The molecule has 2 aromatic heterocycles. The van der Waals surface area contributed by atoms with Crippen LogP contribution in [0.5, 0.6) is 0 Å². The molecule has 4 aromatic rings. The van der Waals surface area contributed by atoms with Crippen molar-refractivity contribution >= 4 is 50.7 Å². The summed E-state index contributed by atoms with van der Waals surface area (Å²) in [4.78, 5) is 26.6. The van der Waals surface area contributed by atoms with E-state index in [1.54, 1.807) is 25.3 Å². The second-order valence-electron chi connectivity index (χ2n) is 7.46. The zero-order valence-electron chi connectivity index (χ0n) is 18.2. The quantitative estimate of drug-likeness (QED) is 0.355. The average molecular weight is 483 g/mol. The fourth-order valence-electron chi connectivity index (χ4n) is 3.42. The molecular weight excluding hydrogens is 460 g/mol. The van der Waals surface area contributed by atoms with Crippen molar-refractivity contribution in [1.29, 1.82) is 0 Å². The summed E-state index contributed by atoms with van der Waals surface area (Å²) in [6.45, 7) is 3.37. The molecule has 0 bridgehead atoms. The van der Waals surface area contributed by atoms with Crippen molar-refractivity contribution in [3.63, 3.8) is 0 Å². The number of rotatable bonds is 8. The fraction of sp³-hybridized carbons (Fsp3) is 0.208. The first-order valence-electron chi connectivity index (χ1n) is 10.3. The Labute approximate surface area is 200 Å². The minimum absolute atomic E-state index is 0.241. The number of benzene rings is 2. The molecule has 170 valence electrons. The monoisotopic (exact) mass is 482 g/mol. The summed E-state index contributed by atoms with van der Waals surface area (Å²) in [5, 5.41) is 11.4. The van der Waals surface area contributed by atoms with Gasteiger partial charge in [0.1, 0.15) is 4.83 Å². The molecule has 0 aliphatic carbocycles. The van der Waals surface area contributed by atoms with Gasteiger partial charge in [0.25, 0.3) is 11.8 Å². The summed E-state index contributed by atoms with van der Waals surface area (Å²) in [6, 6.07) is 16.8. The number of carbonyl (C=O) groups excluding carboxylic acids is 2. The largest absolute Gasteiger partial charge is 0.383 e. The molecule has 4 rings (SSSR count). The second kappa shape index (κ2) is 10.2. The number of anilines is 1. The van der Waals surface area contributed by atoms with Crippen LogP contribution in [0.25, 0.3) is 10.2 Å². The Balaban J connectivity index is 1.49. The molecule has 2 aromatic carbocycles. The number of halogens is 1. The number of hydrogen-bond donors (Lipinski definition) is 2. The van der Waals surface area contributed by atoms with Gasteiger partial charge in [-0.15, -0.1) is 11.3 Å². The normalized spacial score (nSPS) is 11.0. The number of aryl methyl sites for hydroxylation is 1. The Hall–Kier alpha value is -3.20. The molecule has 0 saturated carbocycles. The first-order chi connectivity index (χ1) is 16.0. The minimum Gasteiger partial charge on any atom is -0.383 e. The summed E-state index contributed by atoms with van der Waals surface area (Å²) >= 11 is 7.67. The summed E-state index contributed by atoms with van der Waals surface area (Å²) < 4.78 is 6.85. The van der Waals surface area contributed by atoms with Crippen molar-refractivity contribution in [1.82, 2.24) is 15.1 Å². The predicted molar refractivity (Wildman–Crippen MR) is 132 cm³/mol. The van der Waals surface area contributed by atoms with Gasteiger partial charge in [0, 0.05) is 24.7 Å². The van der Waals surface area contributed by atoms with Crippen molar-refractivity contribution in [2.75, 3.05) is 25.6 Å². The Kier molecular flexibility index (Phi) is 7.08. The Morgan fingerprint density at radius 2 is 1.91 bits per heavy atom. The van der Waals surface area contributed by atoms with Gasteiger partial charge in [-0.1, -0.05) is 41.9 Å². The van der Waals surface area contributed by atoms with E-state index in [4.69, 9.17) is 16.3 Å². The molecule has 0 fully saturated rings. The molecular formula is C24H23ClN4O3S. The first kappa shape index (κ1) is 23.0. The van der Waals surface area contributed by atoms with Crippen LogP contribution in [0.1, 0.15) is 31.3 Å². The Bertz CT molecular complexity index is 1300. The number of hydrogen-bond acceptors (Lipinski definition) is 5. The van der Waals surface area contributed by atoms with Crippen molar-refractivity contribution in [3.05, 3.63) is 81.3 Å². The molecule has 7 nitrogen and oxygen atoms in total. The van der Waals surface area contributed by atoms with Crippen molar-refractivity contribution in [2.24, 2.45) is 0 Å². The molecule has 2 amide bonds. The lowest BCUT2D eigenvalue weighted by molar-refractivity contribution is 0.0937. The summed E-state index contributed by atoms with van der Waals surface area (Å²) in [7, 11) is 1.56. The molecule has 0 spiro atoms. The van der Waals surface area contributed by atoms with Crippen LogP contribution in [0, 0.1) is 6.92 Å². The van der Waals surface area contributed by atoms with Gasteiger partial charge in [0.2, 0.25) is 0 Å². The maximum atomic E-state index is 12.9. The zero-order valence-corrected chi connectivity index (χ0v) is 19.8. The summed E-state index contributed by atoms with van der Waals surface area (Å²) in [5.74, 6) is -0.534. The van der Waals surface area contributed by atoms with Gasteiger partial charge in [-0.05, 0) is 36.8 Å². The highest BCUT2D eigenvalue weighted by molar-refractivity contribution is 7.20. The third-order valence-electron chi connectivity index (χ3n) is 5.07. The van der Waals surface area contributed by atoms with Crippen LogP contribution in [-0.4, -0.2) is 41.9 Å². The first-order valence-corrected chi connectivity index (χ1v) is 11.5. The Morgan fingerprint density at radius 3 is 2.64 bits per heavy atom. The zero-order chi connectivity index (χ0) is 23.4. The smallest absolute Gasteiger partial charge is 0.265 e. The van der Waals surface area contributed by atoms with Crippen molar-refractivity contribution < 1.29 is 14.3 Å². The van der Waals surface area contributed by atoms with Crippen LogP contribution >= 0.6 is 22.9 Å². The highest BCUT2D eigenvalue weighted by Crippen LogP contribution is 2.30.